The Morgan fingerprint density at radius 1 is 1.16 bits per heavy atom. The average Bonchev–Trinajstić information content (AvgIpc) is 2.59. The largest absolute Gasteiger partial charge is 0.493 e. The summed E-state index contributed by atoms with van der Waals surface area (Å²) in [6, 6.07) is 13.4. The van der Waals surface area contributed by atoms with Crippen molar-refractivity contribution in [1.29, 1.82) is 0 Å². The van der Waals surface area contributed by atoms with Crippen LogP contribution in [0.15, 0.2) is 48.5 Å². The first-order valence-electron chi connectivity index (χ1n) is 7.90. The van der Waals surface area contributed by atoms with Crippen LogP contribution in [0.1, 0.15) is 18.9 Å². The van der Waals surface area contributed by atoms with Crippen molar-refractivity contribution in [3.63, 3.8) is 0 Å². The third-order valence-corrected chi connectivity index (χ3v) is 3.43. The van der Waals surface area contributed by atoms with Crippen LogP contribution in [0.3, 0.4) is 0 Å². The van der Waals surface area contributed by atoms with Gasteiger partial charge in [0.2, 0.25) is 0 Å². The number of amides is 1. The minimum Gasteiger partial charge on any atom is -0.493 e. The molecule has 2 aromatic carbocycles. The molecule has 0 spiro atoms. The molecule has 0 aliphatic rings. The zero-order valence-corrected chi connectivity index (χ0v) is 14.1. The lowest BCUT2D eigenvalue weighted by Gasteiger charge is -2.14. The van der Waals surface area contributed by atoms with Crippen LogP contribution < -0.4 is 10.1 Å². The lowest BCUT2D eigenvalue weighted by molar-refractivity contribution is -0.153. The van der Waals surface area contributed by atoms with Gasteiger partial charge in [-0.25, -0.2) is 4.39 Å². The SMILES string of the molecule is Cc1ccc(NC(=O)C(C)OC(=O)CCOc2ccccc2)cc1F. The quantitative estimate of drug-likeness (QED) is 0.781. The Balaban J connectivity index is 1.75. The number of anilines is 1. The van der Waals surface area contributed by atoms with Crippen molar-refractivity contribution in [3.8, 4) is 5.75 Å². The fraction of sp³-hybridized carbons (Fsp3) is 0.263. The summed E-state index contributed by atoms with van der Waals surface area (Å²) in [4.78, 5) is 23.8. The van der Waals surface area contributed by atoms with E-state index >= 15 is 0 Å². The van der Waals surface area contributed by atoms with E-state index in [1.54, 1.807) is 31.2 Å². The number of nitrogens with one attached hydrogen (secondary N) is 1. The van der Waals surface area contributed by atoms with E-state index in [4.69, 9.17) is 9.47 Å². The van der Waals surface area contributed by atoms with Crippen molar-refractivity contribution in [2.45, 2.75) is 26.4 Å². The minimum atomic E-state index is -0.992. The second-order valence-electron chi connectivity index (χ2n) is 5.50. The van der Waals surface area contributed by atoms with Gasteiger partial charge in [0.05, 0.1) is 13.0 Å². The van der Waals surface area contributed by atoms with Crippen LogP contribution in [0.4, 0.5) is 10.1 Å². The number of aryl methyl sites for hydroxylation is 1. The number of carbonyl (C=O) groups excluding carboxylic acids is 2. The Morgan fingerprint density at radius 3 is 2.56 bits per heavy atom. The van der Waals surface area contributed by atoms with Crippen LogP contribution in [-0.2, 0) is 14.3 Å². The number of hydrogen-bond acceptors (Lipinski definition) is 4. The molecule has 0 heterocycles. The van der Waals surface area contributed by atoms with Gasteiger partial charge in [-0.1, -0.05) is 24.3 Å². The van der Waals surface area contributed by atoms with Gasteiger partial charge in [0.1, 0.15) is 11.6 Å². The van der Waals surface area contributed by atoms with E-state index in [2.05, 4.69) is 5.32 Å². The van der Waals surface area contributed by atoms with Gasteiger partial charge in [0.15, 0.2) is 6.10 Å². The standard InChI is InChI=1S/C19H20FNO4/c1-13-8-9-15(12-17(13)20)21-19(23)14(2)25-18(22)10-11-24-16-6-4-3-5-7-16/h3-9,12,14H,10-11H2,1-2H3,(H,21,23). The summed E-state index contributed by atoms with van der Waals surface area (Å²) in [6.07, 6.45) is -0.973. The monoisotopic (exact) mass is 345 g/mol. The van der Waals surface area contributed by atoms with Gasteiger partial charge in [-0.15, -0.1) is 0 Å². The summed E-state index contributed by atoms with van der Waals surface area (Å²) in [5.74, 6) is -0.836. The smallest absolute Gasteiger partial charge is 0.310 e. The van der Waals surface area contributed by atoms with Crippen molar-refractivity contribution >= 4 is 17.6 Å². The van der Waals surface area contributed by atoms with Gasteiger partial charge < -0.3 is 14.8 Å². The third kappa shape index (κ3) is 5.91. The molecule has 0 aromatic heterocycles. The van der Waals surface area contributed by atoms with Crippen LogP contribution >= 0.6 is 0 Å². The molecule has 0 aliphatic heterocycles. The van der Waals surface area contributed by atoms with Gasteiger partial charge in [-0.3, -0.25) is 9.59 Å². The van der Waals surface area contributed by atoms with Crippen LogP contribution in [0, 0.1) is 12.7 Å². The number of hydrogen-bond donors (Lipinski definition) is 1. The number of benzene rings is 2. The van der Waals surface area contributed by atoms with Gasteiger partial charge in [-0.2, -0.15) is 0 Å². The van der Waals surface area contributed by atoms with Crippen molar-refractivity contribution in [3.05, 3.63) is 59.9 Å². The molecule has 1 unspecified atom stereocenters. The highest BCUT2D eigenvalue weighted by Crippen LogP contribution is 2.14. The second-order valence-corrected chi connectivity index (χ2v) is 5.50. The van der Waals surface area contributed by atoms with Gasteiger partial charge in [-0.05, 0) is 43.7 Å². The predicted molar refractivity (Wildman–Crippen MR) is 91.9 cm³/mol. The minimum absolute atomic E-state index is 0.0195. The molecule has 1 amide bonds. The molecular formula is C19H20FNO4. The maximum absolute atomic E-state index is 13.5. The summed E-state index contributed by atoms with van der Waals surface area (Å²) in [7, 11) is 0. The van der Waals surface area contributed by atoms with E-state index in [1.165, 1.54) is 13.0 Å². The van der Waals surface area contributed by atoms with Gasteiger partial charge in [0.25, 0.3) is 5.91 Å². The van der Waals surface area contributed by atoms with E-state index in [0.29, 0.717) is 17.0 Å². The summed E-state index contributed by atoms with van der Waals surface area (Å²) in [6.45, 7) is 3.24. The number of esters is 1. The number of halogens is 1. The van der Waals surface area contributed by atoms with Gasteiger partial charge >= 0.3 is 5.97 Å². The van der Waals surface area contributed by atoms with Crippen molar-refractivity contribution in [2.75, 3.05) is 11.9 Å². The summed E-state index contributed by atoms with van der Waals surface area (Å²) < 4.78 is 23.9. The van der Waals surface area contributed by atoms with Crippen LogP contribution in [-0.4, -0.2) is 24.6 Å². The number of carbonyl (C=O) groups is 2. The van der Waals surface area contributed by atoms with Gasteiger partial charge in [0, 0.05) is 5.69 Å². The molecule has 0 bridgehead atoms. The average molecular weight is 345 g/mol. The second kappa shape index (κ2) is 8.82. The van der Waals surface area contributed by atoms with E-state index in [-0.39, 0.29) is 13.0 Å². The Labute approximate surface area is 145 Å². The maximum Gasteiger partial charge on any atom is 0.310 e. The van der Waals surface area contributed by atoms with Crippen LogP contribution in [0.5, 0.6) is 5.75 Å². The van der Waals surface area contributed by atoms with E-state index < -0.39 is 23.8 Å². The van der Waals surface area contributed by atoms with E-state index in [0.717, 1.165) is 0 Å². The molecule has 2 rings (SSSR count). The Bertz CT molecular complexity index is 733. The molecule has 25 heavy (non-hydrogen) atoms. The van der Waals surface area contributed by atoms with Crippen LogP contribution in [0.2, 0.25) is 0 Å². The molecular weight excluding hydrogens is 325 g/mol. The lowest BCUT2D eigenvalue weighted by atomic mass is 10.2. The predicted octanol–water partition coefficient (Wildman–Crippen LogP) is 3.47. The van der Waals surface area contributed by atoms with Crippen molar-refractivity contribution in [2.24, 2.45) is 0 Å². The Morgan fingerprint density at radius 2 is 1.88 bits per heavy atom. The molecule has 132 valence electrons. The first kappa shape index (κ1) is 18.4. The van der Waals surface area contributed by atoms with E-state index in [9.17, 15) is 14.0 Å². The zero-order chi connectivity index (χ0) is 18.2. The molecule has 2 aromatic rings. The van der Waals surface area contributed by atoms with Crippen molar-refractivity contribution < 1.29 is 23.5 Å². The number of ether oxygens (including phenoxy) is 2. The molecule has 0 fully saturated rings. The molecule has 0 radical (unpaired) electrons. The molecule has 6 heteroatoms. The normalized spacial score (nSPS) is 11.5. The van der Waals surface area contributed by atoms with Crippen LogP contribution in [0.25, 0.3) is 0 Å². The summed E-state index contributed by atoms with van der Waals surface area (Å²) in [5.41, 5.74) is 0.791. The first-order valence-corrected chi connectivity index (χ1v) is 7.90. The zero-order valence-electron chi connectivity index (χ0n) is 14.1. The fourth-order valence-corrected chi connectivity index (χ4v) is 1.99. The number of para-hydroxylation sites is 1. The Kier molecular flexibility index (Phi) is 6.51. The molecule has 1 atom stereocenters. The fourth-order valence-electron chi connectivity index (χ4n) is 1.99. The molecule has 5 nitrogen and oxygen atoms in total. The maximum atomic E-state index is 13.5. The summed E-state index contributed by atoms with van der Waals surface area (Å²) in [5, 5.41) is 2.51. The van der Waals surface area contributed by atoms with Crippen molar-refractivity contribution in [1.82, 2.24) is 0 Å². The third-order valence-electron chi connectivity index (χ3n) is 3.43. The highest BCUT2D eigenvalue weighted by molar-refractivity contribution is 5.95. The number of rotatable bonds is 7. The molecule has 1 N–H and O–H groups in total. The molecule has 0 saturated carbocycles. The summed E-state index contributed by atoms with van der Waals surface area (Å²) >= 11 is 0. The molecule has 0 saturated heterocycles. The Hall–Kier alpha value is -2.89. The highest BCUT2D eigenvalue weighted by atomic mass is 19.1. The highest BCUT2D eigenvalue weighted by Gasteiger charge is 2.18. The topological polar surface area (TPSA) is 64.6 Å². The van der Waals surface area contributed by atoms with E-state index in [1.807, 2.05) is 18.2 Å². The lowest BCUT2D eigenvalue weighted by Crippen LogP contribution is -2.30. The molecule has 0 aliphatic carbocycles. The first-order chi connectivity index (χ1) is 12.0.